The molecule has 0 N–H and O–H groups in total. The Hall–Kier alpha value is -1.75. The van der Waals surface area contributed by atoms with E-state index in [4.69, 9.17) is 9.15 Å². The zero-order valence-electron chi connectivity index (χ0n) is 10.1. The molecule has 1 amide bonds. The van der Waals surface area contributed by atoms with Gasteiger partial charge in [-0.3, -0.25) is 4.79 Å². The number of halogens is 1. The van der Waals surface area contributed by atoms with Gasteiger partial charge in [0.05, 0.1) is 6.54 Å². The first-order chi connectivity index (χ1) is 9.24. The molecule has 0 atom stereocenters. The maximum atomic E-state index is 12.3. The van der Waals surface area contributed by atoms with Crippen molar-refractivity contribution in [2.75, 3.05) is 13.2 Å². The minimum atomic E-state index is -0.119. The molecule has 0 saturated carbocycles. The molecule has 1 aromatic heterocycles. The van der Waals surface area contributed by atoms with Crippen molar-refractivity contribution in [2.45, 2.75) is 6.54 Å². The van der Waals surface area contributed by atoms with E-state index in [9.17, 15) is 4.79 Å². The van der Waals surface area contributed by atoms with Gasteiger partial charge in [-0.2, -0.15) is 0 Å². The van der Waals surface area contributed by atoms with Crippen molar-refractivity contribution in [1.82, 2.24) is 4.90 Å². The van der Waals surface area contributed by atoms with Gasteiger partial charge in [0.15, 0.2) is 10.4 Å². The minimum Gasteiger partial charge on any atom is -0.491 e. The minimum absolute atomic E-state index is 0.119. The third-order valence-electron chi connectivity index (χ3n) is 3.02. The maximum absolute atomic E-state index is 12.3. The summed E-state index contributed by atoms with van der Waals surface area (Å²) in [6, 6.07) is 11.2. The van der Waals surface area contributed by atoms with Gasteiger partial charge in [-0.15, -0.1) is 0 Å². The third-order valence-corrected chi connectivity index (χ3v) is 3.45. The molecule has 19 heavy (non-hydrogen) atoms. The number of hydrogen-bond donors (Lipinski definition) is 0. The van der Waals surface area contributed by atoms with Gasteiger partial charge >= 0.3 is 0 Å². The summed E-state index contributed by atoms with van der Waals surface area (Å²) in [4.78, 5) is 14.1. The molecule has 1 aliphatic rings. The SMILES string of the molecule is O=C(c1ccc(Br)o1)N1CCOc2ccccc2C1. The molecular weight excluding hydrogens is 310 g/mol. The van der Waals surface area contributed by atoms with Crippen molar-refractivity contribution in [3.8, 4) is 5.75 Å². The van der Waals surface area contributed by atoms with Gasteiger partial charge in [0.1, 0.15) is 12.4 Å². The van der Waals surface area contributed by atoms with E-state index >= 15 is 0 Å². The van der Waals surface area contributed by atoms with Crippen LogP contribution in [0.2, 0.25) is 0 Å². The average molecular weight is 322 g/mol. The van der Waals surface area contributed by atoms with Crippen LogP contribution in [-0.2, 0) is 6.54 Å². The zero-order chi connectivity index (χ0) is 13.2. The number of rotatable bonds is 1. The summed E-state index contributed by atoms with van der Waals surface area (Å²) in [5.41, 5.74) is 1.01. The molecule has 0 bridgehead atoms. The van der Waals surface area contributed by atoms with Crippen LogP contribution in [0.5, 0.6) is 5.75 Å². The summed E-state index contributed by atoms with van der Waals surface area (Å²) in [5.74, 6) is 1.07. The quantitative estimate of drug-likeness (QED) is 0.810. The van der Waals surface area contributed by atoms with Crippen molar-refractivity contribution >= 4 is 21.8 Å². The molecule has 1 aromatic carbocycles. The monoisotopic (exact) mass is 321 g/mol. The van der Waals surface area contributed by atoms with E-state index < -0.39 is 0 Å². The second kappa shape index (κ2) is 5.09. The van der Waals surface area contributed by atoms with Crippen LogP contribution in [0.3, 0.4) is 0 Å². The topological polar surface area (TPSA) is 42.7 Å². The molecule has 2 heterocycles. The predicted octanol–water partition coefficient (Wildman–Crippen LogP) is 3.08. The number of nitrogens with zero attached hydrogens (tertiary/aromatic N) is 1. The molecule has 98 valence electrons. The van der Waals surface area contributed by atoms with Gasteiger partial charge in [-0.1, -0.05) is 18.2 Å². The number of furan rings is 1. The van der Waals surface area contributed by atoms with Gasteiger partial charge in [0.25, 0.3) is 5.91 Å². The number of para-hydroxylation sites is 1. The van der Waals surface area contributed by atoms with Crippen molar-refractivity contribution in [3.05, 3.63) is 52.4 Å². The van der Waals surface area contributed by atoms with E-state index in [0.717, 1.165) is 11.3 Å². The van der Waals surface area contributed by atoms with E-state index in [0.29, 0.717) is 30.1 Å². The van der Waals surface area contributed by atoms with Crippen LogP contribution in [0.15, 0.2) is 45.5 Å². The van der Waals surface area contributed by atoms with Crippen molar-refractivity contribution in [3.63, 3.8) is 0 Å². The molecular formula is C14H12BrNO3. The lowest BCUT2D eigenvalue weighted by Gasteiger charge is -2.18. The Labute approximate surface area is 119 Å². The number of ether oxygens (including phenoxy) is 1. The fourth-order valence-electron chi connectivity index (χ4n) is 2.08. The smallest absolute Gasteiger partial charge is 0.290 e. The van der Waals surface area contributed by atoms with Gasteiger partial charge in [-0.05, 0) is 34.1 Å². The predicted molar refractivity (Wildman–Crippen MR) is 73.1 cm³/mol. The highest BCUT2D eigenvalue weighted by molar-refractivity contribution is 9.10. The lowest BCUT2D eigenvalue weighted by Crippen LogP contribution is -2.32. The largest absolute Gasteiger partial charge is 0.491 e. The van der Waals surface area contributed by atoms with Crippen LogP contribution in [0.4, 0.5) is 0 Å². The number of hydrogen-bond acceptors (Lipinski definition) is 3. The van der Waals surface area contributed by atoms with Gasteiger partial charge in [-0.25, -0.2) is 0 Å². The lowest BCUT2D eigenvalue weighted by molar-refractivity contribution is 0.0700. The van der Waals surface area contributed by atoms with Crippen LogP contribution < -0.4 is 4.74 Å². The van der Waals surface area contributed by atoms with E-state index in [1.807, 2.05) is 24.3 Å². The summed E-state index contributed by atoms with van der Waals surface area (Å²) >= 11 is 3.20. The molecule has 5 heteroatoms. The maximum Gasteiger partial charge on any atom is 0.290 e. The normalized spacial score (nSPS) is 14.5. The first-order valence-electron chi connectivity index (χ1n) is 5.99. The van der Waals surface area contributed by atoms with Crippen LogP contribution in [0.1, 0.15) is 16.1 Å². The van der Waals surface area contributed by atoms with Crippen molar-refractivity contribution in [1.29, 1.82) is 0 Å². The average Bonchev–Trinajstić information content (AvgIpc) is 2.74. The van der Waals surface area contributed by atoms with E-state index in [1.165, 1.54) is 0 Å². The Kier molecular flexibility index (Phi) is 3.29. The third kappa shape index (κ3) is 2.51. The molecule has 2 aromatic rings. The lowest BCUT2D eigenvalue weighted by atomic mass is 10.2. The highest BCUT2D eigenvalue weighted by Crippen LogP contribution is 2.24. The molecule has 0 saturated heterocycles. The first-order valence-corrected chi connectivity index (χ1v) is 6.78. The highest BCUT2D eigenvalue weighted by atomic mass is 79.9. The van der Waals surface area contributed by atoms with Crippen molar-refractivity contribution < 1.29 is 13.9 Å². The van der Waals surface area contributed by atoms with E-state index in [1.54, 1.807) is 17.0 Å². The van der Waals surface area contributed by atoms with E-state index in [2.05, 4.69) is 15.9 Å². The fourth-order valence-corrected chi connectivity index (χ4v) is 2.39. The summed E-state index contributed by atoms with van der Waals surface area (Å²) in [5, 5.41) is 0. The Morgan fingerprint density at radius 1 is 1.21 bits per heavy atom. The standard InChI is InChI=1S/C14H12BrNO3/c15-13-6-5-12(19-13)14(17)16-7-8-18-11-4-2-1-3-10(11)9-16/h1-6H,7-9H2. The van der Waals surface area contributed by atoms with Crippen LogP contribution >= 0.6 is 15.9 Å². The summed E-state index contributed by atoms with van der Waals surface area (Å²) in [7, 11) is 0. The van der Waals surface area contributed by atoms with Crippen LogP contribution in [-0.4, -0.2) is 24.0 Å². The molecule has 3 rings (SSSR count). The van der Waals surface area contributed by atoms with Crippen LogP contribution in [0, 0.1) is 0 Å². The van der Waals surface area contributed by atoms with Gasteiger partial charge < -0.3 is 14.1 Å². The van der Waals surface area contributed by atoms with Gasteiger partial charge in [0, 0.05) is 12.1 Å². The van der Waals surface area contributed by atoms with Crippen molar-refractivity contribution in [2.24, 2.45) is 0 Å². The number of benzene rings is 1. The second-order valence-electron chi connectivity index (χ2n) is 4.29. The Morgan fingerprint density at radius 2 is 2.05 bits per heavy atom. The number of amides is 1. The molecule has 0 aliphatic carbocycles. The highest BCUT2D eigenvalue weighted by Gasteiger charge is 2.22. The first kappa shape index (κ1) is 12.3. The zero-order valence-corrected chi connectivity index (χ0v) is 11.7. The molecule has 0 unspecified atom stereocenters. The Bertz CT molecular complexity index is 608. The van der Waals surface area contributed by atoms with Crippen LogP contribution in [0.25, 0.3) is 0 Å². The molecule has 0 radical (unpaired) electrons. The van der Waals surface area contributed by atoms with E-state index in [-0.39, 0.29) is 5.91 Å². The molecule has 4 nitrogen and oxygen atoms in total. The molecule has 0 spiro atoms. The Morgan fingerprint density at radius 3 is 2.84 bits per heavy atom. The summed E-state index contributed by atoms with van der Waals surface area (Å²) in [6.07, 6.45) is 0. The second-order valence-corrected chi connectivity index (χ2v) is 5.07. The molecule has 0 fully saturated rings. The van der Waals surface area contributed by atoms with Gasteiger partial charge in [0.2, 0.25) is 0 Å². The fraction of sp³-hybridized carbons (Fsp3) is 0.214. The Balaban J connectivity index is 1.84. The summed E-state index contributed by atoms with van der Waals surface area (Å²) in [6.45, 7) is 1.57. The number of carbonyl (C=O) groups excluding carboxylic acids is 1. The summed E-state index contributed by atoms with van der Waals surface area (Å²) < 4.78 is 11.5. The number of carbonyl (C=O) groups is 1. The number of fused-ring (bicyclic) bond motifs is 1. The molecule has 1 aliphatic heterocycles.